The maximum atomic E-state index is 12.8. The van der Waals surface area contributed by atoms with Crippen molar-refractivity contribution >= 4 is 11.9 Å². The van der Waals surface area contributed by atoms with Crippen molar-refractivity contribution in [2.45, 2.75) is 30.7 Å². The van der Waals surface area contributed by atoms with Crippen LogP contribution >= 0.6 is 0 Å². The van der Waals surface area contributed by atoms with Crippen molar-refractivity contribution in [3.63, 3.8) is 0 Å². The third-order valence-electron chi connectivity index (χ3n) is 5.97. The monoisotopic (exact) mass is 576 g/mol. The average molecular weight is 576 g/mol. The number of aromatic hydroxyl groups is 7. The summed E-state index contributed by atoms with van der Waals surface area (Å²) < 4.78 is 21.6. The van der Waals surface area contributed by atoms with Crippen LogP contribution in [0.25, 0.3) is 0 Å². The Bertz CT molecular complexity index is 1390. The molecular formula is C26H24O15. The summed E-state index contributed by atoms with van der Waals surface area (Å²) in [6.07, 6.45) is -8.65. The topological polar surface area (TPSA) is 253 Å². The van der Waals surface area contributed by atoms with Gasteiger partial charge in [0, 0.05) is 0 Å². The summed E-state index contributed by atoms with van der Waals surface area (Å²) in [6.45, 7) is -0.713. The van der Waals surface area contributed by atoms with E-state index in [0.717, 1.165) is 24.3 Å². The molecule has 0 radical (unpaired) electrons. The minimum atomic E-state index is -1.92. The van der Waals surface area contributed by atoms with Crippen LogP contribution in [0.15, 0.2) is 48.5 Å². The lowest BCUT2D eigenvalue weighted by Crippen LogP contribution is -2.61. The largest absolute Gasteiger partial charge is 0.508 e. The maximum Gasteiger partial charge on any atom is 0.339 e. The van der Waals surface area contributed by atoms with Crippen molar-refractivity contribution in [2.24, 2.45) is 0 Å². The molecule has 0 saturated carbocycles. The number of carbonyl (C=O) groups excluding carboxylic acids is 2. The van der Waals surface area contributed by atoms with Gasteiger partial charge >= 0.3 is 11.9 Å². The Labute approximate surface area is 229 Å². The predicted molar refractivity (Wildman–Crippen MR) is 132 cm³/mol. The molecule has 15 heteroatoms. The molecule has 3 aromatic carbocycles. The van der Waals surface area contributed by atoms with Gasteiger partial charge < -0.3 is 64.9 Å². The zero-order valence-corrected chi connectivity index (χ0v) is 20.7. The number of phenols is 7. The van der Waals surface area contributed by atoms with Crippen LogP contribution < -0.4 is 4.74 Å². The smallest absolute Gasteiger partial charge is 0.339 e. The molecule has 41 heavy (non-hydrogen) atoms. The van der Waals surface area contributed by atoms with E-state index in [0.29, 0.717) is 0 Å². The first kappa shape index (κ1) is 28.9. The van der Waals surface area contributed by atoms with Gasteiger partial charge in [-0.2, -0.15) is 0 Å². The van der Waals surface area contributed by atoms with E-state index >= 15 is 0 Å². The predicted octanol–water partition coefficient (Wildman–Crippen LogP) is 0.534. The first-order valence-electron chi connectivity index (χ1n) is 11.7. The van der Waals surface area contributed by atoms with Crippen LogP contribution in [0.5, 0.6) is 46.0 Å². The molecule has 0 spiro atoms. The SMILES string of the molecule is O=C(OCC1OC(Oc2ccc(O)cc2)C(OC(=O)c2cc(O)c(O)c(O)c2)C(O)C1O)c1cc(O)c(O)c(O)c1. The molecule has 9 N–H and O–H groups in total. The number of phenolic OH excluding ortho intramolecular Hbond substituents is 7. The van der Waals surface area contributed by atoms with E-state index in [1.807, 2.05) is 0 Å². The van der Waals surface area contributed by atoms with E-state index in [1.165, 1.54) is 24.3 Å². The van der Waals surface area contributed by atoms with Gasteiger partial charge in [0.25, 0.3) is 0 Å². The second kappa shape index (κ2) is 11.5. The van der Waals surface area contributed by atoms with Crippen LogP contribution in [0.3, 0.4) is 0 Å². The van der Waals surface area contributed by atoms with E-state index in [2.05, 4.69) is 0 Å². The Morgan fingerprint density at radius 1 is 0.707 bits per heavy atom. The number of aliphatic hydroxyl groups excluding tert-OH is 2. The minimum Gasteiger partial charge on any atom is -0.508 e. The van der Waals surface area contributed by atoms with Crippen molar-refractivity contribution in [2.75, 3.05) is 6.61 Å². The molecule has 1 saturated heterocycles. The number of benzene rings is 3. The average Bonchev–Trinajstić information content (AvgIpc) is 2.93. The molecule has 3 aromatic rings. The molecule has 1 aliphatic rings. The summed E-state index contributed by atoms with van der Waals surface area (Å²) in [7, 11) is 0. The lowest BCUT2D eigenvalue weighted by Gasteiger charge is -2.41. The maximum absolute atomic E-state index is 12.8. The Hall–Kier alpha value is -5.12. The van der Waals surface area contributed by atoms with Gasteiger partial charge in [-0.15, -0.1) is 0 Å². The molecule has 4 rings (SSSR count). The highest BCUT2D eigenvalue weighted by Gasteiger charge is 2.48. The van der Waals surface area contributed by atoms with E-state index in [9.17, 15) is 55.5 Å². The van der Waals surface area contributed by atoms with Crippen molar-refractivity contribution < 1.29 is 74.5 Å². The lowest BCUT2D eigenvalue weighted by molar-refractivity contribution is -0.276. The molecule has 1 aliphatic heterocycles. The second-order valence-electron chi connectivity index (χ2n) is 8.83. The quantitative estimate of drug-likeness (QED) is 0.137. The fourth-order valence-electron chi connectivity index (χ4n) is 3.80. The third kappa shape index (κ3) is 6.22. The molecule has 5 unspecified atom stereocenters. The molecule has 0 amide bonds. The highest BCUT2D eigenvalue weighted by Crippen LogP contribution is 2.37. The fourth-order valence-corrected chi connectivity index (χ4v) is 3.80. The van der Waals surface area contributed by atoms with Gasteiger partial charge in [0.2, 0.25) is 6.29 Å². The standard InChI is InChI=1S/C26H24O15/c27-12-1-3-13(4-2-12)39-26-23(41-25(37)11-7-16(30)20(33)17(31)8-11)22(35)21(34)18(40-26)9-38-24(36)10-5-14(28)19(32)15(29)6-10/h1-8,18,21-23,26-35H,9H2. The Morgan fingerprint density at radius 2 is 1.20 bits per heavy atom. The van der Waals surface area contributed by atoms with Crippen LogP contribution in [0.1, 0.15) is 20.7 Å². The van der Waals surface area contributed by atoms with E-state index < -0.39 is 89.3 Å². The molecular weight excluding hydrogens is 552 g/mol. The normalized spacial score (nSPS) is 22.0. The summed E-state index contributed by atoms with van der Waals surface area (Å²) in [5.74, 6) is -7.43. The summed E-state index contributed by atoms with van der Waals surface area (Å²) in [5, 5.41) is 88.6. The number of carbonyl (C=O) groups is 2. The molecule has 218 valence electrons. The molecule has 1 fully saturated rings. The number of aliphatic hydroxyl groups is 2. The summed E-state index contributed by atoms with van der Waals surface area (Å²) in [6, 6.07) is 8.32. The molecule has 0 aromatic heterocycles. The summed E-state index contributed by atoms with van der Waals surface area (Å²) in [4.78, 5) is 25.2. The Balaban J connectivity index is 1.54. The van der Waals surface area contributed by atoms with Gasteiger partial charge in [0.1, 0.15) is 36.4 Å². The molecule has 5 atom stereocenters. The van der Waals surface area contributed by atoms with Gasteiger partial charge in [-0.3, -0.25) is 0 Å². The third-order valence-corrected chi connectivity index (χ3v) is 5.97. The van der Waals surface area contributed by atoms with Crippen molar-refractivity contribution in [1.82, 2.24) is 0 Å². The van der Waals surface area contributed by atoms with Crippen molar-refractivity contribution in [3.05, 3.63) is 59.7 Å². The van der Waals surface area contributed by atoms with Gasteiger partial charge in [-0.05, 0) is 48.5 Å². The number of hydrogen-bond donors (Lipinski definition) is 9. The molecule has 0 bridgehead atoms. The number of hydrogen-bond acceptors (Lipinski definition) is 15. The fraction of sp³-hybridized carbons (Fsp3) is 0.231. The number of esters is 2. The Morgan fingerprint density at radius 3 is 1.71 bits per heavy atom. The summed E-state index contributed by atoms with van der Waals surface area (Å²) >= 11 is 0. The lowest BCUT2D eigenvalue weighted by atomic mass is 9.99. The van der Waals surface area contributed by atoms with Gasteiger partial charge in [-0.25, -0.2) is 9.59 Å². The molecule has 15 nitrogen and oxygen atoms in total. The van der Waals surface area contributed by atoms with E-state index in [4.69, 9.17) is 18.9 Å². The first-order valence-corrected chi connectivity index (χ1v) is 11.7. The van der Waals surface area contributed by atoms with E-state index in [-0.39, 0.29) is 17.1 Å². The number of rotatable bonds is 7. The Kier molecular flexibility index (Phi) is 8.13. The van der Waals surface area contributed by atoms with Crippen LogP contribution in [-0.2, 0) is 14.2 Å². The van der Waals surface area contributed by atoms with Crippen LogP contribution in [0.2, 0.25) is 0 Å². The molecule has 0 aliphatic carbocycles. The van der Waals surface area contributed by atoms with Gasteiger partial charge in [-0.1, -0.05) is 0 Å². The second-order valence-corrected chi connectivity index (χ2v) is 8.83. The van der Waals surface area contributed by atoms with Gasteiger partial charge in [0.05, 0.1) is 11.1 Å². The minimum absolute atomic E-state index is 0.0585. The van der Waals surface area contributed by atoms with Crippen molar-refractivity contribution in [1.29, 1.82) is 0 Å². The van der Waals surface area contributed by atoms with Crippen molar-refractivity contribution in [3.8, 4) is 46.0 Å². The zero-order chi connectivity index (χ0) is 30.0. The first-order chi connectivity index (χ1) is 19.3. The number of ether oxygens (including phenoxy) is 4. The van der Waals surface area contributed by atoms with Crippen LogP contribution in [-0.4, -0.2) is 95.2 Å². The van der Waals surface area contributed by atoms with Crippen LogP contribution in [0.4, 0.5) is 0 Å². The highest BCUT2D eigenvalue weighted by atomic mass is 16.7. The summed E-state index contributed by atoms with van der Waals surface area (Å²) in [5.41, 5.74) is -0.813. The highest BCUT2D eigenvalue weighted by molar-refractivity contribution is 5.91. The molecule has 1 heterocycles. The van der Waals surface area contributed by atoms with Gasteiger partial charge in [0.15, 0.2) is 40.6 Å². The zero-order valence-electron chi connectivity index (χ0n) is 20.7. The van der Waals surface area contributed by atoms with Crippen LogP contribution in [0, 0.1) is 0 Å². The van der Waals surface area contributed by atoms with E-state index in [1.54, 1.807) is 0 Å².